The first-order chi connectivity index (χ1) is 8.95. The van der Waals surface area contributed by atoms with E-state index in [1.54, 1.807) is 12.1 Å². The molecule has 0 fully saturated rings. The first kappa shape index (κ1) is 16.1. The topological polar surface area (TPSA) is 50.6 Å². The van der Waals surface area contributed by atoms with Crippen LogP contribution in [0.3, 0.4) is 0 Å². The summed E-state index contributed by atoms with van der Waals surface area (Å²) in [5, 5.41) is 0. The number of quaternary nitrogens is 1. The molecule has 0 aromatic heterocycles. The Labute approximate surface area is 116 Å². The first-order valence-corrected chi connectivity index (χ1v) is 8.31. The van der Waals surface area contributed by atoms with Gasteiger partial charge in [-0.05, 0) is 24.1 Å². The largest absolute Gasteiger partial charge is 0.340 e. The van der Waals surface area contributed by atoms with Gasteiger partial charge < -0.3 is 4.90 Å². The van der Waals surface area contributed by atoms with Crippen molar-refractivity contribution in [3.8, 4) is 0 Å². The van der Waals surface area contributed by atoms with E-state index in [9.17, 15) is 8.42 Å². The molecule has 0 aliphatic heterocycles. The molecule has 1 aromatic rings. The van der Waals surface area contributed by atoms with Crippen LogP contribution < -0.4 is 9.62 Å². The lowest BCUT2D eigenvalue weighted by atomic mass is 10.1. The van der Waals surface area contributed by atoms with Crippen molar-refractivity contribution in [1.82, 2.24) is 4.72 Å². The van der Waals surface area contributed by atoms with Crippen LogP contribution >= 0.6 is 0 Å². The predicted molar refractivity (Wildman–Crippen MR) is 77.9 cm³/mol. The second kappa shape index (κ2) is 7.62. The Hall–Kier alpha value is -0.910. The molecule has 1 aromatic carbocycles. The van der Waals surface area contributed by atoms with E-state index in [0.29, 0.717) is 11.4 Å². The molecule has 1 rings (SSSR count). The van der Waals surface area contributed by atoms with Gasteiger partial charge in [-0.1, -0.05) is 25.5 Å². The van der Waals surface area contributed by atoms with Crippen LogP contribution in [-0.4, -0.2) is 35.6 Å². The van der Waals surface area contributed by atoms with Gasteiger partial charge in [-0.15, -0.1) is 0 Å². The highest BCUT2D eigenvalue weighted by Gasteiger charge is 2.12. The lowest BCUT2D eigenvalue weighted by Gasteiger charge is -2.09. The van der Waals surface area contributed by atoms with E-state index in [4.69, 9.17) is 0 Å². The lowest BCUT2D eigenvalue weighted by Crippen LogP contribution is -3.05. The smallest absolute Gasteiger partial charge is 0.240 e. The van der Waals surface area contributed by atoms with E-state index in [2.05, 4.69) is 25.7 Å². The summed E-state index contributed by atoms with van der Waals surface area (Å²) in [6, 6.07) is 7.15. The van der Waals surface area contributed by atoms with E-state index in [-0.39, 0.29) is 0 Å². The van der Waals surface area contributed by atoms with Crippen LogP contribution in [-0.2, 0) is 16.4 Å². The second-order valence-electron chi connectivity index (χ2n) is 5.10. The molecule has 0 spiro atoms. The Balaban J connectivity index is 2.56. The van der Waals surface area contributed by atoms with E-state index in [1.165, 1.54) is 10.5 Å². The lowest BCUT2D eigenvalue weighted by molar-refractivity contribution is -0.858. The van der Waals surface area contributed by atoms with Crippen molar-refractivity contribution < 1.29 is 13.3 Å². The summed E-state index contributed by atoms with van der Waals surface area (Å²) in [6.07, 6.45) is 2.89. The van der Waals surface area contributed by atoms with Crippen LogP contribution in [0.1, 0.15) is 25.3 Å². The fourth-order valence-electron chi connectivity index (χ4n) is 1.86. The van der Waals surface area contributed by atoms with Crippen LogP contribution in [0.15, 0.2) is 29.2 Å². The average molecular weight is 285 g/mol. The summed E-state index contributed by atoms with van der Waals surface area (Å²) in [7, 11) is 0.764. The van der Waals surface area contributed by atoms with E-state index in [1.807, 2.05) is 12.1 Å². The number of aryl methyl sites for hydroxylation is 1. The molecule has 5 heteroatoms. The molecule has 0 saturated carbocycles. The van der Waals surface area contributed by atoms with Gasteiger partial charge in [0.05, 0.1) is 25.5 Å². The Morgan fingerprint density at radius 3 is 2.32 bits per heavy atom. The normalized spacial score (nSPS) is 12.0. The van der Waals surface area contributed by atoms with Gasteiger partial charge in [0, 0.05) is 13.0 Å². The molecule has 0 heterocycles. The Bertz CT molecular complexity index is 467. The van der Waals surface area contributed by atoms with Gasteiger partial charge in [0.15, 0.2) is 0 Å². The molecule has 0 aliphatic rings. The summed E-state index contributed by atoms with van der Waals surface area (Å²) in [5.74, 6) is 0. The summed E-state index contributed by atoms with van der Waals surface area (Å²) >= 11 is 0. The van der Waals surface area contributed by atoms with Crippen LogP contribution in [0.4, 0.5) is 0 Å². The van der Waals surface area contributed by atoms with Gasteiger partial charge in [-0.3, -0.25) is 0 Å². The van der Waals surface area contributed by atoms with Gasteiger partial charge in [0.1, 0.15) is 0 Å². The van der Waals surface area contributed by atoms with Crippen molar-refractivity contribution in [2.24, 2.45) is 0 Å². The minimum Gasteiger partial charge on any atom is -0.340 e. The number of hydrogen-bond acceptors (Lipinski definition) is 2. The molecule has 0 atom stereocenters. The fraction of sp³-hybridized carbons (Fsp3) is 0.571. The highest BCUT2D eigenvalue weighted by molar-refractivity contribution is 7.89. The van der Waals surface area contributed by atoms with E-state index < -0.39 is 10.0 Å². The van der Waals surface area contributed by atoms with Crippen LogP contribution in [0.2, 0.25) is 0 Å². The molecule has 0 amide bonds. The minimum absolute atomic E-state index is 0.351. The summed E-state index contributed by atoms with van der Waals surface area (Å²) < 4.78 is 26.7. The third kappa shape index (κ3) is 5.72. The Morgan fingerprint density at radius 2 is 1.79 bits per heavy atom. The summed E-state index contributed by atoms with van der Waals surface area (Å²) in [5.41, 5.74) is 1.18. The maximum absolute atomic E-state index is 12.0. The zero-order valence-corrected chi connectivity index (χ0v) is 12.9. The first-order valence-electron chi connectivity index (χ1n) is 6.83. The molecule has 0 saturated heterocycles. The maximum Gasteiger partial charge on any atom is 0.240 e. The number of rotatable bonds is 8. The minimum atomic E-state index is -3.35. The van der Waals surface area contributed by atoms with Crippen molar-refractivity contribution in [3.63, 3.8) is 0 Å². The summed E-state index contributed by atoms with van der Waals surface area (Å²) in [6.45, 7) is 3.56. The Kier molecular flexibility index (Phi) is 6.48. The van der Waals surface area contributed by atoms with Crippen molar-refractivity contribution in [2.75, 3.05) is 27.2 Å². The Morgan fingerprint density at radius 1 is 1.16 bits per heavy atom. The van der Waals surface area contributed by atoms with Crippen LogP contribution in [0.25, 0.3) is 0 Å². The molecule has 0 unspecified atom stereocenters. The van der Waals surface area contributed by atoms with Gasteiger partial charge in [-0.2, -0.15) is 0 Å². The third-order valence-electron chi connectivity index (χ3n) is 2.92. The maximum atomic E-state index is 12.0. The van der Waals surface area contributed by atoms with E-state index >= 15 is 0 Å². The highest BCUT2D eigenvalue weighted by Crippen LogP contribution is 2.11. The SMILES string of the molecule is CCCc1ccc(S(=O)(=O)NCCC[NH+](C)C)cc1. The number of benzene rings is 1. The van der Waals surface area contributed by atoms with Crippen molar-refractivity contribution in [2.45, 2.75) is 31.1 Å². The standard InChI is InChI=1S/C14H24N2O2S/c1-4-6-13-7-9-14(10-8-13)19(17,18)15-11-5-12-16(2)3/h7-10,15H,4-6,11-12H2,1-3H3/p+1. The van der Waals surface area contributed by atoms with Crippen molar-refractivity contribution >= 4 is 10.0 Å². The molecule has 2 N–H and O–H groups in total. The van der Waals surface area contributed by atoms with Crippen LogP contribution in [0.5, 0.6) is 0 Å². The van der Waals surface area contributed by atoms with Crippen LogP contribution in [0, 0.1) is 0 Å². The quantitative estimate of drug-likeness (QED) is 0.682. The molecule has 108 valence electrons. The number of sulfonamides is 1. The van der Waals surface area contributed by atoms with Gasteiger partial charge in [-0.25, -0.2) is 13.1 Å². The number of hydrogen-bond donors (Lipinski definition) is 2. The number of nitrogens with one attached hydrogen (secondary N) is 2. The predicted octanol–water partition coefficient (Wildman–Crippen LogP) is 0.452. The monoisotopic (exact) mass is 285 g/mol. The zero-order chi connectivity index (χ0) is 14.3. The second-order valence-corrected chi connectivity index (χ2v) is 6.87. The van der Waals surface area contributed by atoms with Crippen molar-refractivity contribution in [3.05, 3.63) is 29.8 Å². The third-order valence-corrected chi connectivity index (χ3v) is 4.39. The van der Waals surface area contributed by atoms with E-state index in [0.717, 1.165) is 25.8 Å². The van der Waals surface area contributed by atoms with Gasteiger partial charge >= 0.3 is 0 Å². The molecule has 4 nitrogen and oxygen atoms in total. The zero-order valence-electron chi connectivity index (χ0n) is 12.1. The highest BCUT2D eigenvalue weighted by atomic mass is 32.2. The average Bonchev–Trinajstić information content (AvgIpc) is 2.36. The van der Waals surface area contributed by atoms with Gasteiger partial charge in [0.2, 0.25) is 10.0 Å². The molecular weight excluding hydrogens is 260 g/mol. The molecule has 0 radical (unpaired) electrons. The van der Waals surface area contributed by atoms with Gasteiger partial charge in [0.25, 0.3) is 0 Å². The molecular formula is C14H25N2O2S+. The fourth-order valence-corrected chi connectivity index (χ4v) is 2.93. The van der Waals surface area contributed by atoms with Crippen molar-refractivity contribution in [1.29, 1.82) is 0 Å². The summed E-state index contributed by atoms with van der Waals surface area (Å²) in [4.78, 5) is 1.67. The molecule has 19 heavy (non-hydrogen) atoms. The molecule has 0 bridgehead atoms. The molecule has 0 aliphatic carbocycles.